The number of hydrogen-bond donors (Lipinski definition) is 1. The maximum Gasteiger partial charge on any atom is 0.230 e. The zero-order valence-electron chi connectivity index (χ0n) is 15.0. The van der Waals surface area contributed by atoms with Crippen LogP contribution in [0.5, 0.6) is 0 Å². The summed E-state index contributed by atoms with van der Waals surface area (Å²) in [6.07, 6.45) is 1.64. The Morgan fingerprint density at radius 3 is 2.69 bits per heavy atom. The summed E-state index contributed by atoms with van der Waals surface area (Å²) in [4.78, 5) is 12.2. The molecule has 136 valence electrons. The number of benzene rings is 1. The number of amides is 1. The van der Waals surface area contributed by atoms with Gasteiger partial charge in [0.2, 0.25) is 5.91 Å². The number of furan rings is 1. The average molecular weight is 369 g/mol. The second kappa shape index (κ2) is 8.76. The average Bonchev–Trinajstić information content (AvgIpc) is 3.26. The Balaban J connectivity index is 1.56. The first kappa shape index (κ1) is 18.3. The number of carbonyl (C=O) groups is 1. The molecule has 3 aromatic rings. The number of carbonyl (C=O) groups excluding carboxylic acids is 1. The van der Waals surface area contributed by atoms with Crippen LogP contribution in [-0.2, 0) is 10.5 Å². The number of nitrogens with zero attached hydrogens (tertiary/aromatic N) is 2. The number of hydrogen-bond acceptors (Lipinski definition) is 4. The van der Waals surface area contributed by atoms with Crippen LogP contribution in [0.1, 0.15) is 28.8 Å². The largest absolute Gasteiger partial charge is 0.467 e. The van der Waals surface area contributed by atoms with E-state index in [-0.39, 0.29) is 11.9 Å². The summed E-state index contributed by atoms with van der Waals surface area (Å²) in [5.74, 6) is 2.06. The Labute approximate surface area is 157 Å². The van der Waals surface area contributed by atoms with Crippen LogP contribution in [-0.4, -0.2) is 28.0 Å². The predicted octanol–water partition coefficient (Wildman–Crippen LogP) is 3.73. The van der Waals surface area contributed by atoms with Crippen LogP contribution in [0.25, 0.3) is 0 Å². The molecule has 0 bridgehead atoms. The van der Waals surface area contributed by atoms with Gasteiger partial charge in [0.25, 0.3) is 0 Å². The molecule has 0 saturated carbocycles. The van der Waals surface area contributed by atoms with Gasteiger partial charge in [0.15, 0.2) is 0 Å². The third-order valence-corrected chi connectivity index (χ3v) is 5.05. The van der Waals surface area contributed by atoms with E-state index in [2.05, 4.69) is 22.5 Å². The van der Waals surface area contributed by atoms with Crippen molar-refractivity contribution in [1.29, 1.82) is 0 Å². The van der Waals surface area contributed by atoms with Crippen LogP contribution in [0.4, 0.5) is 0 Å². The van der Waals surface area contributed by atoms with Gasteiger partial charge in [0.1, 0.15) is 11.8 Å². The lowest BCUT2D eigenvalue weighted by Gasteiger charge is -2.18. The molecule has 0 fully saturated rings. The maximum atomic E-state index is 12.2. The summed E-state index contributed by atoms with van der Waals surface area (Å²) in [6, 6.07) is 15.8. The number of nitrogens with one attached hydrogen (secondary N) is 1. The lowest BCUT2D eigenvalue weighted by molar-refractivity contribution is -0.118. The first-order valence-electron chi connectivity index (χ1n) is 8.58. The topological polar surface area (TPSA) is 60.1 Å². The monoisotopic (exact) mass is 369 g/mol. The third kappa shape index (κ3) is 4.79. The molecule has 0 aliphatic carbocycles. The van der Waals surface area contributed by atoms with Crippen molar-refractivity contribution in [2.75, 3.05) is 12.3 Å². The van der Waals surface area contributed by atoms with E-state index < -0.39 is 0 Å². The van der Waals surface area contributed by atoms with Crippen LogP contribution < -0.4 is 5.32 Å². The molecule has 0 aliphatic heterocycles. The Morgan fingerprint density at radius 1 is 1.23 bits per heavy atom. The fraction of sp³-hybridized carbons (Fsp3) is 0.300. The van der Waals surface area contributed by atoms with Crippen molar-refractivity contribution < 1.29 is 9.21 Å². The van der Waals surface area contributed by atoms with Crippen molar-refractivity contribution in [3.8, 4) is 0 Å². The van der Waals surface area contributed by atoms with Crippen LogP contribution >= 0.6 is 11.8 Å². The molecule has 5 nitrogen and oxygen atoms in total. The maximum absolute atomic E-state index is 12.2. The molecule has 0 saturated heterocycles. The molecule has 1 atom stereocenters. The van der Waals surface area contributed by atoms with E-state index >= 15 is 0 Å². The molecule has 2 heterocycles. The fourth-order valence-corrected chi connectivity index (χ4v) is 3.67. The standard InChI is InChI=1S/C20H23N3O2S/c1-15-11-16(2)23(22-15)18(19-9-6-10-25-19)12-21-20(24)14-26-13-17-7-4-3-5-8-17/h3-11,18H,12-14H2,1-2H3,(H,21,24)/t18-/m0/s1. The second-order valence-electron chi connectivity index (χ2n) is 6.19. The Bertz CT molecular complexity index is 828. The van der Waals surface area contributed by atoms with Gasteiger partial charge in [0, 0.05) is 18.0 Å². The predicted molar refractivity (Wildman–Crippen MR) is 104 cm³/mol. The molecule has 26 heavy (non-hydrogen) atoms. The van der Waals surface area contributed by atoms with Crippen molar-refractivity contribution in [3.63, 3.8) is 0 Å². The highest BCUT2D eigenvalue weighted by Gasteiger charge is 2.20. The minimum atomic E-state index is -0.151. The van der Waals surface area contributed by atoms with Gasteiger partial charge in [-0.25, -0.2) is 0 Å². The Morgan fingerprint density at radius 2 is 2.04 bits per heavy atom. The molecule has 1 aromatic carbocycles. The molecular formula is C20H23N3O2S. The van der Waals surface area contributed by atoms with Crippen molar-refractivity contribution in [2.45, 2.75) is 25.6 Å². The van der Waals surface area contributed by atoms with Crippen LogP contribution in [0, 0.1) is 13.8 Å². The molecule has 0 radical (unpaired) electrons. The lowest BCUT2D eigenvalue weighted by atomic mass is 10.2. The van der Waals surface area contributed by atoms with Gasteiger partial charge >= 0.3 is 0 Å². The Kier molecular flexibility index (Phi) is 6.17. The zero-order chi connectivity index (χ0) is 18.4. The van der Waals surface area contributed by atoms with E-state index in [1.165, 1.54) is 5.56 Å². The van der Waals surface area contributed by atoms with Crippen molar-refractivity contribution >= 4 is 17.7 Å². The molecule has 1 N–H and O–H groups in total. The second-order valence-corrected chi connectivity index (χ2v) is 7.17. The van der Waals surface area contributed by atoms with Gasteiger partial charge in [-0.2, -0.15) is 5.10 Å². The van der Waals surface area contributed by atoms with Crippen LogP contribution in [0.2, 0.25) is 0 Å². The van der Waals surface area contributed by atoms with Gasteiger partial charge in [-0.1, -0.05) is 30.3 Å². The molecule has 2 aromatic heterocycles. The minimum Gasteiger partial charge on any atom is -0.467 e. The Hall–Kier alpha value is -2.47. The zero-order valence-corrected chi connectivity index (χ0v) is 15.8. The molecule has 0 spiro atoms. The summed E-state index contributed by atoms with van der Waals surface area (Å²) in [5.41, 5.74) is 3.21. The molecule has 0 unspecified atom stereocenters. The van der Waals surface area contributed by atoms with E-state index in [4.69, 9.17) is 4.42 Å². The third-order valence-electron chi connectivity index (χ3n) is 4.05. The van der Waals surface area contributed by atoms with E-state index in [1.807, 2.05) is 54.9 Å². The van der Waals surface area contributed by atoms with Gasteiger partial charge < -0.3 is 9.73 Å². The summed E-state index contributed by atoms with van der Waals surface area (Å²) >= 11 is 1.61. The number of aryl methyl sites for hydroxylation is 2. The van der Waals surface area contributed by atoms with Crippen LogP contribution in [0.3, 0.4) is 0 Å². The molecule has 3 rings (SSSR count). The van der Waals surface area contributed by atoms with Gasteiger partial charge in [-0.3, -0.25) is 9.48 Å². The normalized spacial score (nSPS) is 12.1. The number of aromatic nitrogens is 2. The summed E-state index contributed by atoms with van der Waals surface area (Å²) in [5, 5.41) is 7.56. The smallest absolute Gasteiger partial charge is 0.230 e. The number of thioether (sulfide) groups is 1. The molecular weight excluding hydrogens is 346 g/mol. The first-order chi connectivity index (χ1) is 12.6. The van der Waals surface area contributed by atoms with Gasteiger partial charge in [0.05, 0.1) is 17.7 Å². The quantitative estimate of drug-likeness (QED) is 0.657. The molecule has 1 amide bonds. The van der Waals surface area contributed by atoms with E-state index in [0.29, 0.717) is 12.3 Å². The van der Waals surface area contributed by atoms with Crippen LogP contribution in [0.15, 0.2) is 59.2 Å². The van der Waals surface area contributed by atoms with E-state index in [0.717, 1.165) is 22.9 Å². The van der Waals surface area contributed by atoms with E-state index in [9.17, 15) is 4.79 Å². The number of rotatable bonds is 8. The summed E-state index contributed by atoms with van der Waals surface area (Å²) in [6.45, 7) is 4.41. The SMILES string of the molecule is Cc1cc(C)n([C@@H](CNC(=O)CSCc2ccccc2)c2ccco2)n1. The summed E-state index contributed by atoms with van der Waals surface area (Å²) < 4.78 is 7.48. The highest BCUT2D eigenvalue weighted by molar-refractivity contribution is 7.99. The van der Waals surface area contributed by atoms with Gasteiger partial charge in [-0.15, -0.1) is 11.8 Å². The van der Waals surface area contributed by atoms with Crippen molar-refractivity contribution in [1.82, 2.24) is 15.1 Å². The highest BCUT2D eigenvalue weighted by atomic mass is 32.2. The first-order valence-corrected chi connectivity index (χ1v) is 9.73. The summed E-state index contributed by atoms with van der Waals surface area (Å²) in [7, 11) is 0. The fourth-order valence-electron chi connectivity index (χ4n) is 2.85. The van der Waals surface area contributed by atoms with Crippen molar-refractivity contribution in [3.05, 3.63) is 77.5 Å². The van der Waals surface area contributed by atoms with E-state index in [1.54, 1.807) is 18.0 Å². The molecule has 0 aliphatic rings. The molecule has 6 heteroatoms. The van der Waals surface area contributed by atoms with Gasteiger partial charge in [-0.05, 0) is 37.6 Å². The highest BCUT2D eigenvalue weighted by Crippen LogP contribution is 2.20. The van der Waals surface area contributed by atoms with Crippen molar-refractivity contribution in [2.24, 2.45) is 0 Å². The lowest BCUT2D eigenvalue weighted by Crippen LogP contribution is -2.33. The minimum absolute atomic E-state index is 0.0176.